The third-order valence-electron chi connectivity index (χ3n) is 3.89. The van der Waals surface area contributed by atoms with E-state index in [4.69, 9.17) is 15.9 Å². The maximum atomic E-state index is 11.9. The number of methoxy groups -OCH3 is 1. The van der Waals surface area contributed by atoms with Crippen LogP contribution in [0, 0.1) is 19.3 Å². The lowest BCUT2D eigenvalue weighted by Crippen LogP contribution is -2.23. The number of anilines is 1. The van der Waals surface area contributed by atoms with Crippen molar-refractivity contribution in [3.63, 3.8) is 0 Å². The molecule has 3 rings (SSSR count). The summed E-state index contributed by atoms with van der Waals surface area (Å²) < 4.78 is 10.8. The van der Waals surface area contributed by atoms with E-state index >= 15 is 0 Å². The van der Waals surface area contributed by atoms with Gasteiger partial charge in [0.15, 0.2) is 17.3 Å². The molecule has 2 aromatic rings. The number of aromatic nitrogens is 2. The summed E-state index contributed by atoms with van der Waals surface area (Å²) >= 11 is 0. The van der Waals surface area contributed by atoms with E-state index < -0.39 is 0 Å². The highest BCUT2D eigenvalue weighted by atomic mass is 16.5. The van der Waals surface area contributed by atoms with Crippen LogP contribution in [0.15, 0.2) is 18.2 Å². The minimum atomic E-state index is -0.0758. The monoisotopic (exact) mass is 311 g/mol. The van der Waals surface area contributed by atoms with E-state index in [-0.39, 0.29) is 18.4 Å². The number of nitrogens with one attached hydrogen (secondary N) is 2. The summed E-state index contributed by atoms with van der Waals surface area (Å²) in [5.74, 6) is 4.06. The van der Waals surface area contributed by atoms with Crippen LogP contribution in [0.1, 0.15) is 29.2 Å². The first kappa shape index (κ1) is 15.0. The standard InChI is InChI=1S/C17H17N3O3/c1-4-7-23-13-6-5-11(8-14(13)22-3)12-9-15(21)18-17-16(12)10(2)19-20-17/h1,5-6,8,12H,7,9H2,2-3H3,(H2,18,19,20,21)/t12-/m0/s1. The number of carbonyl (C=O) groups is 1. The van der Waals surface area contributed by atoms with Crippen LogP contribution in [-0.2, 0) is 4.79 Å². The number of carbonyl (C=O) groups excluding carboxylic acids is 1. The molecule has 118 valence electrons. The summed E-state index contributed by atoms with van der Waals surface area (Å²) in [6, 6.07) is 5.62. The summed E-state index contributed by atoms with van der Waals surface area (Å²) in [7, 11) is 1.57. The smallest absolute Gasteiger partial charge is 0.226 e. The molecule has 1 aromatic carbocycles. The Balaban J connectivity index is 2.00. The first-order valence-corrected chi connectivity index (χ1v) is 7.23. The molecular weight excluding hydrogens is 294 g/mol. The van der Waals surface area contributed by atoms with Crippen molar-refractivity contribution >= 4 is 11.7 Å². The number of terminal acetylenes is 1. The van der Waals surface area contributed by atoms with Crippen molar-refractivity contribution in [2.45, 2.75) is 19.3 Å². The quantitative estimate of drug-likeness (QED) is 0.849. The SMILES string of the molecule is C#CCOc1ccc([C@@H]2CC(=O)Nc3n[nH]c(C)c32)cc1OC. The lowest BCUT2D eigenvalue weighted by molar-refractivity contribution is -0.116. The fourth-order valence-corrected chi connectivity index (χ4v) is 2.85. The Bertz CT molecular complexity index is 789. The molecule has 1 aliphatic heterocycles. The first-order valence-electron chi connectivity index (χ1n) is 7.23. The van der Waals surface area contributed by atoms with Crippen LogP contribution in [0.3, 0.4) is 0 Å². The molecule has 6 heteroatoms. The Morgan fingerprint density at radius 2 is 2.26 bits per heavy atom. The van der Waals surface area contributed by atoms with Crippen molar-refractivity contribution in [2.75, 3.05) is 19.0 Å². The number of rotatable bonds is 4. The molecule has 2 N–H and O–H groups in total. The van der Waals surface area contributed by atoms with Gasteiger partial charge in [0.1, 0.15) is 6.61 Å². The van der Waals surface area contributed by atoms with E-state index in [1.807, 2.05) is 25.1 Å². The second-order valence-corrected chi connectivity index (χ2v) is 5.32. The maximum Gasteiger partial charge on any atom is 0.226 e. The highest BCUT2D eigenvalue weighted by Gasteiger charge is 2.30. The van der Waals surface area contributed by atoms with Crippen LogP contribution < -0.4 is 14.8 Å². The molecule has 0 fully saturated rings. The molecule has 0 unspecified atom stereocenters. The third kappa shape index (κ3) is 2.73. The van der Waals surface area contributed by atoms with Crippen molar-refractivity contribution in [2.24, 2.45) is 0 Å². The van der Waals surface area contributed by atoms with Crippen molar-refractivity contribution in [1.82, 2.24) is 10.2 Å². The van der Waals surface area contributed by atoms with Gasteiger partial charge >= 0.3 is 0 Å². The molecule has 1 aromatic heterocycles. The van der Waals surface area contributed by atoms with Crippen molar-refractivity contribution in [1.29, 1.82) is 0 Å². The summed E-state index contributed by atoms with van der Waals surface area (Å²) in [6.07, 6.45) is 5.58. The van der Waals surface area contributed by atoms with Gasteiger partial charge < -0.3 is 14.8 Å². The number of ether oxygens (including phenoxy) is 2. The van der Waals surface area contributed by atoms with Crippen LogP contribution in [0.2, 0.25) is 0 Å². The lowest BCUT2D eigenvalue weighted by atomic mass is 9.85. The van der Waals surface area contributed by atoms with Gasteiger partial charge in [-0.3, -0.25) is 9.89 Å². The predicted octanol–water partition coefficient (Wildman–Crippen LogP) is 2.21. The minimum Gasteiger partial charge on any atom is -0.493 e. The van der Waals surface area contributed by atoms with E-state index in [0.29, 0.717) is 23.7 Å². The average molecular weight is 311 g/mol. The van der Waals surface area contributed by atoms with Gasteiger partial charge in [-0.25, -0.2) is 0 Å². The lowest BCUT2D eigenvalue weighted by Gasteiger charge is -2.23. The Labute approximate surface area is 134 Å². The number of H-pyrrole nitrogens is 1. The largest absolute Gasteiger partial charge is 0.493 e. The van der Waals surface area contributed by atoms with Gasteiger partial charge in [-0.2, -0.15) is 5.10 Å². The Kier molecular flexibility index (Phi) is 3.94. The Morgan fingerprint density at radius 1 is 1.43 bits per heavy atom. The van der Waals surface area contributed by atoms with Crippen molar-refractivity contribution in [3.8, 4) is 23.8 Å². The molecule has 23 heavy (non-hydrogen) atoms. The highest BCUT2D eigenvalue weighted by Crippen LogP contribution is 2.40. The Hall–Kier alpha value is -2.94. The number of aromatic amines is 1. The second kappa shape index (κ2) is 6.05. The van der Waals surface area contributed by atoms with Crippen LogP contribution in [-0.4, -0.2) is 29.8 Å². The summed E-state index contributed by atoms with van der Waals surface area (Å²) in [5.41, 5.74) is 2.91. The molecular formula is C17H17N3O3. The zero-order valence-corrected chi connectivity index (χ0v) is 13.0. The molecule has 0 aliphatic carbocycles. The van der Waals surface area contributed by atoms with Crippen molar-refractivity contribution < 1.29 is 14.3 Å². The van der Waals surface area contributed by atoms with Crippen LogP contribution >= 0.6 is 0 Å². The Morgan fingerprint density at radius 3 is 3.00 bits per heavy atom. The molecule has 1 aliphatic rings. The average Bonchev–Trinajstić information content (AvgIpc) is 2.93. The summed E-state index contributed by atoms with van der Waals surface area (Å²) in [6.45, 7) is 2.12. The maximum absolute atomic E-state index is 11.9. The van der Waals surface area contributed by atoms with Gasteiger partial charge in [0, 0.05) is 23.6 Å². The zero-order valence-electron chi connectivity index (χ0n) is 13.0. The van der Waals surface area contributed by atoms with E-state index in [9.17, 15) is 4.79 Å². The number of benzene rings is 1. The van der Waals surface area contributed by atoms with E-state index in [1.54, 1.807) is 7.11 Å². The molecule has 2 heterocycles. The highest BCUT2D eigenvalue weighted by molar-refractivity contribution is 5.94. The zero-order chi connectivity index (χ0) is 16.4. The fraction of sp³-hybridized carbons (Fsp3) is 0.294. The number of fused-ring (bicyclic) bond motifs is 1. The van der Waals surface area contributed by atoms with E-state index in [0.717, 1.165) is 16.8 Å². The van der Waals surface area contributed by atoms with Gasteiger partial charge in [-0.1, -0.05) is 12.0 Å². The van der Waals surface area contributed by atoms with E-state index in [2.05, 4.69) is 21.4 Å². The summed E-state index contributed by atoms with van der Waals surface area (Å²) in [5, 5.41) is 9.86. The number of nitrogens with zero attached hydrogens (tertiary/aromatic N) is 1. The van der Waals surface area contributed by atoms with Gasteiger partial charge in [-0.05, 0) is 24.6 Å². The molecule has 0 bridgehead atoms. The van der Waals surface area contributed by atoms with Crippen LogP contribution in [0.5, 0.6) is 11.5 Å². The molecule has 0 spiro atoms. The normalized spacial score (nSPS) is 16.2. The van der Waals surface area contributed by atoms with Crippen LogP contribution in [0.4, 0.5) is 5.82 Å². The molecule has 6 nitrogen and oxygen atoms in total. The number of hydrogen-bond acceptors (Lipinski definition) is 4. The summed E-state index contributed by atoms with van der Waals surface area (Å²) in [4.78, 5) is 11.9. The molecule has 0 saturated carbocycles. The minimum absolute atomic E-state index is 0.0550. The topological polar surface area (TPSA) is 76.2 Å². The third-order valence-corrected chi connectivity index (χ3v) is 3.89. The molecule has 0 saturated heterocycles. The fourth-order valence-electron chi connectivity index (χ4n) is 2.85. The van der Waals surface area contributed by atoms with Gasteiger partial charge in [0.25, 0.3) is 0 Å². The number of hydrogen-bond donors (Lipinski definition) is 2. The van der Waals surface area contributed by atoms with Crippen LogP contribution in [0.25, 0.3) is 0 Å². The van der Waals surface area contributed by atoms with E-state index in [1.165, 1.54) is 0 Å². The van der Waals surface area contributed by atoms with Gasteiger partial charge in [0.05, 0.1) is 7.11 Å². The first-order chi connectivity index (χ1) is 11.1. The molecule has 1 atom stereocenters. The molecule has 0 radical (unpaired) electrons. The molecule has 1 amide bonds. The predicted molar refractivity (Wildman–Crippen MR) is 85.7 cm³/mol. The number of amides is 1. The number of aryl methyl sites for hydroxylation is 1. The van der Waals surface area contributed by atoms with Gasteiger partial charge in [0.2, 0.25) is 5.91 Å². The van der Waals surface area contributed by atoms with Gasteiger partial charge in [-0.15, -0.1) is 6.42 Å². The second-order valence-electron chi connectivity index (χ2n) is 5.32. The van der Waals surface area contributed by atoms with Crippen molar-refractivity contribution in [3.05, 3.63) is 35.0 Å².